The van der Waals surface area contributed by atoms with Gasteiger partial charge in [0, 0.05) is 14.9 Å². The van der Waals surface area contributed by atoms with Crippen molar-refractivity contribution in [2.45, 2.75) is 39.5 Å². The maximum absolute atomic E-state index is 12.3. The van der Waals surface area contributed by atoms with Crippen molar-refractivity contribution >= 4 is 44.0 Å². The van der Waals surface area contributed by atoms with Gasteiger partial charge < -0.3 is 0 Å². The lowest BCUT2D eigenvalue weighted by molar-refractivity contribution is -0.123. The van der Waals surface area contributed by atoms with E-state index in [0.29, 0.717) is 5.92 Å². The number of carbonyl (C=O) groups excluding carboxylic acids is 1. The van der Waals surface area contributed by atoms with E-state index in [4.69, 9.17) is 0 Å². The highest BCUT2D eigenvalue weighted by Gasteiger charge is 2.64. The van der Waals surface area contributed by atoms with Gasteiger partial charge in [-0.3, -0.25) is 4.79 Å². The molecule has 2 aliphatic carbocycles. The Balaban J connectivity index is 1.62. The first-order valence-corrected chi connectivity index (χ1v) is 9.30. The molecule has 1 aromatic rings. The minimum atomic E-state index is 0.0795. The van der Waals surface area contributed by atoms with Crippen LogP contribution in [0.2, 0.25) is 0 Å². The number of hydrogen-bond donors (Lipinski definition) is 1. The van der Waals surface area contributed by atoms with Gasteiger partial charge in [-0.1, -0.05) is 51.6 Å². The summed E-state index contributed by atoms with van der Waals surface area (Å²) in [4.78, 5) is 12.3. The van der Waals surface area contributed by atoms with Gasteiger partial charge in [0.2, 0.25) is 5.91 Å². The largest absolute Gasteiger partial charge is 0.273 e. The van der Waals surface area contributed by atoms with Crippen LogP contribution in [-0.2, 0) is 4.79 Å². The maximum Gasteiger partial charge on any atom is 0.244 e. The van der Waals surface area contributed by atoms with Crippen molar-refractivity contribution in [2.24, 2.45) is 22.4 Å². The van der Waals surface area contributed by atoms with Gasteiger partial charge >= 0.3 is 0 Å². The molecular weight excluding hydrogens is 408 g/mol. The van der Waals surface area contributed by atoms with Gasteiger partial charge in [0.25, 0.3) is 0 Å². The number of amides is 1. The van der Waals surface area contributed by atoms with Crippen LogP contribution in [0, 0.1) is 24.2 Å². The highest BCUT2D eigenvalue weighted by molar-refractivity contribution is 9.11. The summed E-state index contributed by atoms with van der Waals surface area (Å²) in [5.74, 6) is 0.804. The molecule has 3 atom stereocenters. The van der Waals surface area contributed by atoms with Crippen LogP contribution in [0.4, 0.5) is 0 Å². The quantitative estimate of drug-likeness (QED) is 0.546. The topological polar surface area (TPSA) is 41.5 Å². The molecule has 0 unspecified atom stereocenters. The minimum Gasteiger partial charge on any atom is -0.273 e. The Labute approximate surface area is 148 Å². The SMILES string of the molecule is Cc1c(Br)cc(/C=N\NC(=O)[C@@H]2[C@@H]3CCCC[C@@]23C)cc1Br. The van der Waals surface area contributed by atoms with Crippen molar-refractivity contribution in [3.05, 3.63) is 32.2 Å². The molecule has 22 heavy (non-hydrogen) atoms. The monoisotopic (exact) mass is 426 g/mol. The highest BCUT2D eigenvalue weighted by atomic mass is 79.9. The number of carbonyl (C=O) groups is 1. The van der Waals surface area contributed by atoms with Crippen LogP contribution in [0.5, 0.6) is 0 Å². The molecule has 3 rings (SSSR count). The summed E-state index contributed by atoms with van der Waals surface area (Å²) in [6.07, 6.45) is 6.58. The number of rotatable bonds is 3. The standard InChI is InChI=1S/C17H20Br2N2O/c1-10-13(18)7-11(8-14(10)19)9-20-21-16(22)15-12-5-3-4-6-17(12,15)2/h7-9,12,15H,3-6H2,1-2H3,(H,21,22)/b20-9-/t12-,15-,17+/m0/s1. The Morgan fingerprint density at radius 2 is 2.05 bits per heavy atom. The first kappa shape index (κ1) is 16.2. The Morgan fingerprint density at radius 3 is 2.64 bits per heavy atom. The predicted molar refractivity (Wildman–Crippen MR) is 95.9 cm³/mol. The molecule has 1 N–H and O–H groups in total. The average Bonchev–Trinajstić information content (AvgIpc) is 3.10. The number of benzene rings is 1. The Hall–Kier alpha value is -0.680. The fourth-order valence-electron chi connectivity index (χ4n) is 3.83. The molecule has 0 aliphatic heterocycles. The molecule has 0 spiro atoms. The van der Waals surface area contributed by atoms with Crippen LogP contribution in [0.15, 0.2) is 26.2 Å². The summed E-state index contributed by atoms with van der Waals surface area (Å²) in [6.45, 7) is 4.28. The van der Waals surface area contributed by atoms with Crippen LogP contribution in [0.1, 0.15) is 43.7 Å². The van der Waals surface area contributed by atoms with E-state index in [1.165, 1.54) is 25.7 Å². The number of halogens is 2. The van der Waals surface area contributed by atoms with Crippen LogP contribution >= 0.6 is 31.9 Å². The van der Waals surface area contributed by atoms with Crippen LogP contribution in [0.3, 0.4) is 0 Å². The number of fused-ring (bicyclic) bond motifs is 1. The zero-order chi connectivity index (χ0) is 15.9. The molecule has 2 aliphatic rings. The van der Waals surface area contributed by atoms with E-state index in [2.05, 4.69) is 49.3 Å². The smallest absolute Gasteiger partial charge is 0.244 e. The molecule has 0 aromatic heterocycles. The first-order chi connectivity index (χ1) is 10.4. The van der Waals surface area contributed by atoms with Gasteiger partial charge in [-0.05, 0) is 54.4 Å². The second kappa shape index (κ2) is 6.08. The van der Waals surface area contributed by atoms with E-state index in [1.807, 2.05) is 19.1 Å². The van der Waals surface area contributed by atoms with Gasteiger partial charge in [-0.2, -0.15) is 5.10 Å². The minimum absolute atomic E-state index is 0.0795. The molecule has 3 nitrogen and oxygen atoms in total. The number of hydrazone groups is 1. The molecule has 0 heterocycles. The number of nitrogens with zero attached hydrogens (tertiary/aromatic N) is 1. The maximum atomic E-state index is 12.3. The van der Waals surface area contributed by atoms with Crippen LogP contribution in [0.25, 0.3) is 0 Å². The molecule has 0 saturated heterocycles. The lowest BCUT2D eigenvalue weighted by Gasteiger charge is -2.15. The third-order valence-electron chi connectivity index (χ3n) is 5.31. The van der Waals surface area contributed by atoms with Crippen LogP contribution < -0.4 is 5.43 Å². The number of hydrogen-bond acceptors (Lipinski definition) is 2. The zero-order valence-corrected chi connectivity index (χ0v) is 16.0. The van der Waals surface area contributed by atoms with Gasteiger partial charge in [0.15, 0.2) is 0 Å². The Morgan fingerprint density at radius 1 is 1.36 bits per heavy atom. The van der Waals surface area contributed by atoms with E-state index in [0.717, 1.165) is 20.1 Å². The predicted octanol–water partition coefficient (Wildman–Crippen LogP) is 4.80. The lowest BCUT2D eigenvalue weighted by atomic mass is 9.90. The second-order valence-corrected chi connectivity index (χ2v) is 8.39. The van der Waals surface area contributed by atoms with Gasteiger partial charge in [-0.15, -0.1) is 0 Å². The summed E-state index contributed by atoms with van der Waals surface area (Å²) in [6, 6.07) is 3.99. The van der Waals surface area contributed by atoms with E-state index < -0.39 is 0 Å². The number of nitrogens with one attached hydrogen (secondary N) is 1. The van der Waals surface area contributed by atoms with Crippen molar-refractivity contribution in [1.82, 2.24) is 5.43 Å². The molecule has 118 valence electrons. The first-order valence-electron chi connectivity index (χ1n) is 7.72. The zero-order valence-electron chi connectivity index (χ0n) is 12.8. The van der Waals surface area contributed by atoms with E-state index >= 15 is 0 Å². The van der Waals surface area contributed by atoms with Gasteiger partial charge in [0.05, 0.1) is 6.21 Å². The third-order valence-corrected chi connectivity index (χ3v) is 6.95. The van der Waals surface area contributed by atoms with E-state index in [-0.39, 0.29) is 17.2 Å². The fourth-order valence-corrected chi connectivity index (χ4v) is 5.05. The molecule has 1 amide bonds. The van der Waals surface area contributed by atoms with Gasteiger partial charge in [0.1, 0.15) is 0 Å². The summed E-state index contributed by atoms with van der Waals surface area (Å²) in [5.41, 5.74) is 5.06. The molecule has 1 aromatic carbocycles. The fraction of sp³-hybridized carbons (Fsp3) is 0.529. The summed E-state index contributed by atoms with van der Waals surface area (Å²) in [5, 5.41) is 4.14. The lowest BCUT2D eigenvalue weighted by Crippen LogP contribution is -2.22. The highest BCUT2D eigenvalue weighted by Crippen LogP contribution is 2.66. The summed E-state index contributed by atoms with van der Waals surface area (Å²) in [7, 11) is 0. The third kappa shape index (κ3) is 2.90. The van der Waals surface area contributed by atoms with E-state index in [1.54, 1.807) is 6.21 Å². The Bertz CT molecular complexity index is 621. The van der Waals surface area contributed by atoms with Crippen molar-refractivity contribution in [3.63, 3.8) is 0 Å². The van der Waals surface area contributed by atoms with Crippen LogP contribution in [-0.4, -0.2) is 12.1 Å². The van der Waals surface area contributed by atoms with Crippen molar-refractivity contribution in [1.29, 1.82) is 0 Å². The normalized spacial score (nSPS) is 30.2. The van der Waals surface area contributed by atoms with Crippen molar-refractivity contribution in [2.75, 3.05) is 0 Å². The molecule has 0 radical (unpaired) electrons. The molecule has 2 saturated carbocycles. The molecule has 2 fully saturated rings. The second-order valence-electron chi connectivity index (χ2n) is 6.68. The van der Waals surface area contributed by atoms with E-state index in [9.17, 15) is 4.79 Å². The molecule has 0 bridgehead atoms. The summed E-state index contributed by atoms with van der Waals surface area (Å²) >= 11 is 7.04. The van der Waals surface area contributed by atoms with Crippen molar-refractivity contribution < 1.29 is 4.79 Å². The Kier molecular flexibility index (Phi) is 4.47. The average molecular weight is 428 g/mol. The molecule has 5 heteroatoms. The summed E-state index contributed by atoms with van der Waals surface area (Å²) < 4.78 is 2.05. The molecular formula is C17H20Br2N2O. The van der Waals surface area contributed by atoms with Gasteiger partial charge in [-0.25, -0.2) is 5.43 Å². The van der Waals surface area contributed by atoms with Crippen molar-refractivity contribution in [3.8, 4) is 0 Å².